The first-order valence-electron chi connectivity index (χ1n) is 10.4. The molecule has 1 amide bonds. The Morgan fingerprint density at radius 1 is 1.17 bits per heavy atom. The molecular weight excluding hydrogens is 370 g/mol. The maximum absolute atomic E-state index is 12.8. The number of aromatic nitrogens is 2. The maximum atomic E-state index is 12.8. The van der Waals surface area contributed by atoms with E-state index in [0.717, 1.165) is 49.9 Å². The average molecular weight is 397 g/mol. The van der Waals surface area contributed by atoms with Crippen LogP contribution < -0.4 is 5.32 Å². The second-order valence-electron chi connectivity index (χ2n) is 7.68. The number of rotatable bonds is 6. The molecule has 4 rings (SSSR count). The van der Waals surface area contributed by atoms with Crippen LogP contribution in [0.3, 0.4) is 0 Å². The van der Waals surface area contributed by atoms with Gasteiger partial charge in [0, 0.05) is 6.20 Å². The molecule has 1 heterocycles. The fourth-order valence-electron chi connectivity index (χ4n) is 4.36. The normalized spacial score (nSPS) is 15.5. The van der Waals surface area contributed by atoms with E-state index in [1.165, 1.54) is 22.3 Å². The highest BCUT2D eigenvalue weighted by molar-refractivity contribution is 5.90. The van der Waals surface area contributed by atoms with Gasteiger partial charge >= 0.3 is 12.1 Å². The van der Waals surface area contributed by atoms with Gasteiger partial charge in [-0.1, -0.05) is 6.07 Å². The van der Waals surface area contributed by atoms with Crippen LogP contribution in [0.25, 0.3) is 0 Å². The molecule has 1 aromatic carbocycles. The Morgan fingerprint density at radius 3 is 2.45 bits per heavy atom. The van der Waals surface area contributed by atoms with Crippen LogP contribution in [0.2, 0.25) is 0 Å². The summed E-state index contributed by atoms with van der Waals surface area (Å²) in [6.45, 7) is 3.92. The third-order valence-corrected chi connectivity index (χ3v) is 5.63. The van der Waals surface area contributed by atoms with Crippen molar-refractivity contribution in [3.63, 3.8) is 0 Å². The zero-order valence-electron chi connectivity index (χ0n) is 17.0. The Labute approximate surface area is 170 Å². The van der Waals surface area contributed by atoms with Crippen LogP contribution >= 0.6 is 0 Å². The number of nitrogens with zero attached hydrogens (tertiary/aromatic N) is 2. The Balaban J connectivity index is 1.52. The van der Waals surface area contributed by atoms with Gasteiger partial charge in [-0.15, -0.1) is 0 Å². The van der Waals surface area contributed by atoms with Crippen molar-refractivity contribution in [2.75, 3.05) is 11.9 Å². The van der Waals surface area contributed by atoms with E-state index in [0.29, 0.717) is 0 Å². The second kappa shape index (κ2) is 8.27. The van der Waals surface area contributed by atoms with Crippen LogP contribution in [0.4, 0.5) is 10.5 Å². The molecule has 0 saturated heterocycles. The number of esters is 1. The Kier molecular flexibility index (Phi) is 5.56. The standard InChI is InChI=1S/C22H27N3O4/c1-3-28-21(26)19(13-25-11-10-14(2)24-25)29-22(27)23-20-17-8-4-6-15(17)12-16-7-5-9-18(16)20/h10-12,19H,3-9,13H2,1-2H3,(H,23,27)/t19-/m1/s1. The number of nitrogens with one attached hydrogen (secondary N) is 1. The molecule has 2 aliphatic carbocycles. The molecule has 0 radical (unpaired) electrons. The van der Waals surface area contributed by atoms with Gasteiger partial charge < -0.3 is 9.47 Å². The van der Waals surface area contributed by atoms with Gasteiger partial charge in [-0.3, -0.25) is 10.00 Å². The van der Waals surface area contributed by atoms with E-state index in [1.54, 1.807) is 17.8 Å². The number of benzene rings is 1. The van der Waals surface area contributed by atoms with E-state index < -0.39 is 18.2 Å². The number of fused-ring (bicyclic) bond motifs is 2. The molecule has 0 aliphatic heterocycles. The van der Waals surface area contributed by atoms with Crippen molar-refractivity contribution < 1.29 is 19.1 Å². The van der Waals surface area contributed by atoms with Crippen molar-refractivity contribution in [1.29, 1.82) is 0 Å². The van der Waals surface area contributed by atoms with Gasteiger partial charge in [-0.25, -0.2) is 9.59 Å². The molecule has 0 unspecified atom stereocenters. The van der Waals surface area contributed by atoms with Crippen molar-refractivity contribution in [3.8, 4) is 0 Å². The minimum Gasteiger partial charge on any atom is -0.463 e. The summed E-state index contributed by atoms with van der Waals surface area (Å²) in [6.07, 6.45) is 6.31. The molecule has 0 saturated carbocycles. The third-order valence-electron chi connectivity index (χ3n) is 5.63. The van der Waals surface area contributed by atoms with E-state index in [2.05, 4.69) is 16.5 Å². The Morgan fingerprint density at radius 2 is 1.86 bits per heavy atom. The molecule has 0 spiro atoms. The highest BCUT2D eigenvalue weighted by Crippen LogP contribution is 2.38. The lowest BCUT2D eigenvalue weighted by Gasteiger charge is -2.19. The van der Waals surface area contributed by atoms with Gasteiger partial charge in [0.15, 0.2) is 0 Å². The van der Waals surface area contributed by atoms with E-state index in [4.69, 9.17) is 9.47 Å². The monoisotopic (exact) mass is 397 g/mol. The molecule has 1 N–H and O–H groups in total. The SMILES string of the molecule is CCOC(=O)[C@@H](Cn1ccc(C)n1)OC(=O)Nc1c2c(cc3c1CCC3)CCC2. The number of ether oxygens (including phenoxy) is 2. The summed E-state index contributed by atoms with van der Waals surface area (Å²) in [5, 5.41) is 7.24. The average Bonchev–Trinajstić information content (AvgIpc) is 3.42. The molecule has 154 valence electrons. The molecule has 0 bridgehead atoms. The molecule has 7 heteroatoms. The minimum atomic E-state index is -1.06. The topological polar surface area (TPSA) is 82.5 Å². The van der Waals surface area contributed by atoms with Crippen LogP contribution in [-0.4, -0.2) is 34.6 Å². The first-order chi connectivity index (χ1) is 14.0. The molecular formula is C22H27N3O4. The van der Waals surface area contributed by atoms with Gasteiger partial charge in [-0.2, -0.15) is 5.10 Å². The zero-order valence-corrected chi connectivity index (χ0v) is 17.0. The summed E-state index contributed by atoms with van der Waals surface area (Å²) in [5.41, 5.74) is 6.82. The first kappa shape index (κ1) is 19.5. The van der Waals surface area contributed by atoms with Crippen LogP contribution in [0.1, 0.15) is 47.7 Å². The predicted octanol–water partition coefficient (Wildman–Crippen LogP) is 3.35. The van der Waals surface area contributed by atoms with Gasteiger partial charge in [0.2, 0.25) is 6.10 Å². The largest absolute Gasteiger partial charge is 0.463 e. The van der Waals surface area contributed by atoms with Crippen LogP contribution in [-0.2, 0) is 46.5 Å². The Bertz CT molecular complexity index is 902. The molecule has 2 aliphatic rings. The van der Waals surface area contributed by atoms with Crippen LogP contribution in [0.5, 0.6) is 0 Å². The van der Waals surface area contributed by atoms with E-state index in [-0.39, 0.29) is 13.2 Å². The van der Waals surface area contributed by atoms with E-state index >= 15 is 0 Å². The fourth-order valence-corrected chi connectivity index (χ4v) is 4.36. The van der Waals surface area contributed by atoms with Gasteiger partial charge in [-0.05, 0) is 80.7 Å². The fraction of sp³-hybridized carbons (Fsp3) is 0.500. The molecule has 2 aromatic rings. The summed E-state index contributed by atoms with van der Waals surface area (Å²) < 4.78 is 12.2. The summed E-state index contributed by atoms with van der Waals surface area (Å²) in [5.74, 6) is -0.570. The lowest BCUT2D eigenvalue weighted by molar-refractivity contribution is -0.153. The minimum absolute atomic E-state index is 0.116. The second-order valence-corrected chi connectivity index (χ2v) is 7.68. The summed E-state index contributed by atoms with van der Waals surface area (Å²) in [7, 11) is 0. The molecule has 29 heavy (non-hydrogen) atoms. The summed E-state index contributed by atoms with van der Waals surface area (Å²) >= 11 is 0. The van der Waals surface area contributed by atoms with Crippen molar-refractivity contribution in [1.82, 2.24) is 9.78 Å². The highest BCUT2D eigenvalue weighted by Gasteiger charge is 2.29. The molecule has 1 atom stereocenters. The number of hydrogen-bond acceptors (Lipinski definition) is 5. The summed E-state index contributed by atoms with van der Waals surface area (Å²) in [6, 6.07) is 4.14. The number of hydrogen-bond donors (Lipinski definition) is 1. The van der Waals surface area contributed by atoms with Crippen LogP contribution in [0, 0.1) is 6.92 Å². The number of aryl methyl sites for hydroxylation is 3. The van der Waals surface area contributed by atoms with Crippen LogP contribution in [0.15, 0.2) is 18.3 Å². The van der Waals surface area contributed by atoms with Gasteiger partial charge in [0.05, 0.1) is 24.5 Å². The van der Waals surface area contributed by atoms with Crippen molar-refractivity contribution in [3.05, 3.63) is 46.3 Å². The van der Waals surface area contributed by atoms with Crippen molar-refractivity contribution >= 4 is 17.7 Å². The van der Waals surface area contributed by atoms with Gasteiger partial charge in [0.25, 0.3) is 0 Å². The van der Waals surface area contributed by atoms with E-state index in [1.807, 2.05) is 13.0 Å². The highest BCUT2D eigenvalue weighted by atomic mass is 16.6. The van der Waals surface area contributed by atoms with Gasteiger partial charge in [0.1, 0.15) is 0 Å². The number of carbonyl (C=O) groups excluding carboxylic acids is 2. The smallest absolute Gasteiger partial charge is 0.412 e. The summed E-state index contributed by atoms with van der Waals surface area (Å²) in [4.78, 5) is 25.1. The van der Waals surface area contributed by atoms with E-state index in [9.17, 15) is 9.59 Å². The lowest BCUT2D eigenvalue weighted by Crippen LogP contribution is -2.35. The molecule has 0 fully saturated rings. The third kappa shape index (κ3) is 4.13. The zero-order chi connectivity index (χ0) is 20.4. The lowest BCUT2D eigenvalue weighted by atomic mass is 9.99. The van der Waals surface area contributed by atoms with Crippen molar-refractivity contribution in [2.45, 2.75) is 65.0 Å². The molecule has 7 nitrogen and oxygen atoms in total. The number of carbonyl (C=O) groups is 2. The first-order valence-corrected chi connectivity index (χ1v) is 10.4. The number of amides is 1. The van der Waals surface area contributed by atoms with Crippen molar-refractivity contribution in [2.24, 2.45) is 0 Å². The predicted molar refractivity (Wildman–Crippen MR) is 108 cm³/mol. The molecule has 1 aromatic heterocycles. The maximum Gasteiger partial charge on any atom is 0.412 e. The quantitative estimate of drug-likeness (QED) is 0.756. The number of anilines is 1. The Hall–Kier alpha value is -2.83.